The molecule has 17 heteroatoms. The van der Waals surface area contributed by atoms with Crippen molar-refractivity contribution in [2.75, 3.05) is 19.0 Å². The van der Waals surface area contributed by atoms with Crippen LogP contribution in [0.15, 0.2) is 54.6 Å². The zero-order chi connectivity index (χ0) is 46.6. The zero-order valence-corrected chi connectivity index (χ0v) is 36.7. The van der Waals surface area contributed by atoms with Crippen LogP contribution in [0.5, 0.6) is 5.75 Å². The van der Waals surface area contributed by atoms with Crippen molar-refractivity contribution in [2.24, 2.45) is 5.41 Å². The number of likely N-dealkylation sites (tertiary alicyclic amines) is 1. The van der Waals surface area contributed by atoms with E-state index >= 15 is 0 Å². The summed E-state index contributed by atoms with van der Waals surface area (Å²) >= 11 is 5.79. The van der Waals surface area contributed by atoms with E-state index in [2.05, 4.69) is 105 Å². The number of aryl methyl sites for hydroxylation is 1. The van der Waals surface area contributed by atoms with Gasteiger partial charge in [0, 0.05) is 40.8 Å². The summed E-state index contributed by atoms with van der Waals surface area (Å²) in [6, 6.07) is 7.26. The number of pyridine rings is 2. The number of carbonyl (C=O) groups is 3. The molecule has 3 amide bonds. The van der Waals surface area contributed by atoms with E-state index in [1.807, 2.05) is 0 Å². The molecule has 3 atom stereocenters. The lowest BCUT2D eigenvalue weighted by Gasteiger charge is -2.28. The number of rotatable bonds is 10. The number of methoxy groups -OCH3 is 1. The smallest absolute Gasteiger partial charge is 0.290 e. The van der Waals surface area contributed by atoms with Crippen molar-refractivity contribution in [1.29, 1.82) is 0 Å². The average Bonchev–Trinajstić information content (AvgIpc) is 4.20. The minimum absolute atomic E-state index is 0.0344. The van der Waals surface area contributed by atoms with E-state index in [4.69, 9.17) is 16.3 Å². The van der Waals surface area contributed by atoms with Crippen molar-refractivity contribution in [3.05, 3.63) is 80.9 Å². The number of benzene rings is 1. The van der Waals surface area contributed by atoms with Gasteiger partial charge in [0.25, 0.3) is 11.2 Å². The third kappa shape index (κ3) is 20.0. The van der Waals surface area contributed by atoms with Crippen molar-refractivity contribution in [3.63, 3.8) is 0 Å². The number of hydrogen-bond acceptors (Lipinski definition) is 10. The van der Waals surface area contributed by atoms with Crippen LogP contribution in [-0.4, -0.2) is 79.8 Å². The fraction of sp³-hybridized carbons (Fsp3) is 0.419. The largest absolute Gasteiger partial charge is 0.495 e. The Morgan fingerprint density at radius 3 is 2.15 bits per heavy atom. The molecule has 0 bridgehead atoms. The molecule has 2 aliphatic carbocycles. The number of nitrogens with one attached hydrogen (secondary N) is 4. The summed E-state index contributed by atoms with van der Waals surface area (Å²) in [5.41, 5.74) is 0.619. The highest BCUT2D eigenvalue weighted by molar-refractivity contribution is 7.84. The second-order valence-electron chi connectivity index (χ2n) is 13.7. The normalized spacial score (nSPS) is 15.2. The molecular weight excluding hydrogens is 810 g/mol. The monoisotopic (exact) mass is 867 g/mol. The first-order chi connectivity index (χ1) is 28.6. The number of nitrogens with zero attached hydrogens (tertiary/aromatic N) is 3. The van der Waals surface area contributed by atoms with Crippen LogP contribution >= 0.6 is 11.6 Å². The number of halogens is 1. The van der Waals surface area contributed by atoms with Crippen LogP contribution in [0.1, 0.15) is 71.8 Å². The molecule has 3 aromatic rings. The number of anilines is 1. The highest BCUT2D eigenvalue weighted by Gasteiger charge is 2.33. The molecule has 3 heterocycles. The molecule has 0 radical (unpaired) electrons. The van der Waals surface area contributed by atoms with Crippen LogP contribution in [0.3, 0.4) is 0 Å². The number of ether oxygens (including phenoxy) is 1. The summed E-state index contributed by atoms with van der Waals surface area (Å²) in [5.74, 6) is 1.35. The van der Waals surface area contributed by atoms with Crippen LogP contribution in [0.25, 0.3) is 10.8 Å². The lowest BCUT2D eigenvalue weighted by molar-refractivity contribution is -0.385. The van der Waals surface area contributed by atoms with Gasteiger partial charge in [-0.15, -0.1) is 51.7 Å². The lowest BCUT2D eigenvalue weighted by atomic mass is 9.88. The summed E-state index contributed by atoms with van der Waals surface area (Å²) in [6.45, 7) is 16.9. The van der Waals surface area contributed by atoms with E-state index in [9.17, 15) is 33.5 Å². The molecule has 2 unspecified atom stereocenters. The first kappa shape index (κ1) is 55.9. The maximum absolute atomic E-state index is 11.6. The van der Waals surface area contributed by atoms with Crippen LogP contribution in [-0.2, 0) is 25.4 Å². The summed E-state index contributed by atoms with van der Waals surface area (Å²) in [4.78, 5) is 61.7. The number of H-pyrrole nitrogens is 1. The minimum atomic E-state index is -1.08. The Hall–Kier alpha value is -6.15. The van der Waals surface area contributed by atoms with Gasteiger partial charge in [0.05, 0.1) is 22.7 Å². The molecule has 3 fully saturated rings. The van der Waals surface area contributed by atoms with Gasteiger partial charge in [-0.05, 0) is 82.1 Å². The quantitative estimate of drug-likeness (QED) is 0.0586. The summed E-state index contributed by atoms with van der Waals surface area (Å²) in [5, 5.41) is 18.9. The Kier molecular flexibility index (Phi) is 27.9. The summed E-state index contributed by atoms with van der Waals surface area (Å²) < 4.78 is 17.9. The fourth-order valence-electron chi connectivity index (χ4n) is 4.78. The predicted octanol–water partition coefficient (Wildman–Crippen LogP) is 6.33. The van der Waals surface area contributed by atoms with Crippen molar-refractivity contribution in [2.45, 2.75) is 96.5 Å². The number of carbonyl (C=O) groups excluding carboxylic acids is 3. The SMILES string of the molecule is C#C.C#C.C#C.C=C.COc1c[nH]c(=O)c2cc(Cl)ccc12.Cc1cc(NC(C)C(C)(C)C)ncc1[N+](=O)[O-].O=CN1CCC[C@H]1C(=O)NC1CC1.O=CNS(=O)C1CC1. The molecule has 1 saturated heterocycles. The van der Waals surface area contributed by atoms with E-state index in [1.165, 1.54) is 6.20 Å². The number of amides is 3. The summed E-state index contributed by atoms with van der Waals surface area (Å²) in [7, 11) is 0.479. The molecule has 3 aliphatic rings. The molecule has 326 valence electrons. The fourth-order valence-corrected chi connectivity index (χ4v) is 5.80. The van der Waals surface area contributed by atoms with Crippen molar-refractivity contribution in [3.8, 4) is 44.3 Å². The number of aromatic nitrogens is 2. The third-order valence-corrected chi connectivity index (χ3v) is 10.3. The van der Waals surface area contributed by atoms with E-state index < -0.39 is 15.9 Å². The Balaban J connectivity index is 0. The highest BCUT2D eigenvalue weighted by atomic mass is 35.5. The Morgan fingerprint density at radius 1 is 1.08 bits per heavy atom. The molecule has 1 aliphatic heterocycles. The molecule has 0 spiro atoms. The van der Waals surface area contributed by atoms with E-state index in [0.717, 1.165) is 56.9 Å². The topological polar surface area (TPSA) is 206 Å². The molecule has 60 heavy (non-hydrogen) atoms. The average molecular weight is 868 g/mol. The standard InChI is InChI=1S/C12H19N3O2.C10H8ClNO2.C9H14N2O2.C4H7NO2S.C2H4.3C2H2/c1-8-6-11(13-7-10(8)15(16)17)14-9(2)12(3,4)5;1-14-9-5-12-10(13)8-4-6(11)2-3-7(8)9;12-6-11-5-1-2-8(11)9(13)10-7-3-4-7;6-3-5-8(7)4-1-2-4;4*1-2/h6-7,9H,1-5H3,(H,13,14);2-5H,1H3,(H,12,13);6-8H,1-5H2,(H,10,13);3-4H,1-2H2,(H,5,6);1-2H2;3*1-2H/t;;8-;;;;;/m..0...../s1. The lowest BCUT2D eigenvalue weighted by Crippen LogP contribution is -2.43. The highest BCUT2D eigenvalue weighted by Crippen LogP contribution is 2.26. The van der Waals surface area contributed by atoms with Crippen molar-refractivity contribution < 1.29 is 28.3 Å². The Bertz CT molecular complexity index is 1940. The minimum Gasteiger partial charge on any atom is -0.495 e. The first-order valence-electron chi connectivity index (χ1n) is 18.4. The van der Waals surface area contributed by atoms with Crippen LogP contribution < -0.4 is 25.7 Å². The van der Waals surface area contributed by atoms with Gasteiger partial charge in [-0.2, -0.15) is 0 Å². The van der Waals surface area contributed by atoms with Crippen LogP contribution in [0.4, 0.5) is 11.5 Å². The molecular formula is C43H58ClN7O8S. The maximum atomic E-state index is 11.6. The van der Waals surface area contributed by atoms with E-state index in [-0.39, 0.29) is 39.9 Å². The van der Waals surface area contributed by atoms with Crippen LogP contribution in [0, 0.1) is 61.0 Å². The van der Waals surface area contributed by atoms with Crippen LogP contribution in [0.2, 0.25) is 5.02 Å². The molecule has 2 aromatic heterocycles. The number of fused-ring (bicyclic) bond motifs is 1. The van der Waals surface area contributed by atoms with Gasteiger partial charge in [0.2, 0.25) is 18.7 Å². The van der Waals surface area contributed by atoms with Crippen molar-refractivity contribution in [1.82, 2.24) is 24.9 Å². The Labute approximate surface area is 361 Å². The molecule has 2 saturated carbocycles. The molecule has 15 nitrogen and oxygen atoms in total. The molecule has 6 rings (SSSR count). The van der Waals surface area contributed by atoms with Gasteiger partial charge in [0.1, 0.15) is 34.8 Å². The van der Waals surface area contributed by atoms with Gasteiger partial charge in [-0.1, -0.05) is 32.4 Å². The summed E-state index contributed by atoms with van der Waals surface area (Å²) in [6.07, 6.45) is 34.0. The number of aromatic amines is 1. The van der Waals surface area contributed by atoms with E-state index in [1.54, 1.807) is 49.4 Å². The number of nitro groups is 1. The predicted molar refractivity (Wildman–Crippen MR) is 243 cm³/mol. The molecule has 4 N–H and O–H groups in total. The Morgan fingerprint density at radius 2 is 1.68 bits per heavy atom. The maximum Gasteiger partial charge on any atom is 0.290 e. The van der Waals surface area contributed by atoms with Gasteiger partial charge in [0.15, 0.2) is 0 Å². The van der Waals surface area contributed by atoms with Gasteiger partial charge in [-0.25, -0.2) is 9.19 Å². The van der Waals surface area contributed by atoms with Gasteiger partial charge < -0.3 is 25.3 Å². The first-order valence-corrected chi connectivity index (χ1v) is 20.0. The number of hydrogen-bond donors (Lipinski definition) is 4. The third-order valence-electron chi connectivity index (χ3n) is 8.64. The second kappa shape index (κ2) is 30.0. The number of terminal acetylenes is 3. The van der Waals surface area contributed by atoms with Gasteiger partial charge in [-0.3, -0.25) is 34.0 Å². The second-order valence-corrected chi connectivity index (χ2v) is 15.7. The molecule has 1 aromatic carbocycles. The van der Waals surface area contributed by atoms with Gasteiger partial charge >= 0.3 is 0 Å². The zero-order valence-electron chi connectivity index (χ0n) is 35.2. The van der Waals surface area contributed by atoms with E-state index in [0.29, 0.717) is 40.0 Å². The van der Waals surface area contributed by atoms with Crippen molar-refractivity contribution >= 4 is 63.6 Å².